The van der Waals surface area contributed by atoms with Crippen LogP contribution in [0.5, 0.6) is 0 Å². The molecule has 2 aromatic rings. The maximum atomic E-state index is 4.40. The van der Waals surface area contributed by atoms with Crippen molar-refractivity contribution in [2.45, 2.75) is 37.6 Å². The molecule has 0 spiro atoms. The SMILES string of the molecule is CCn1ncnc1CC1CCc2ccccc2C1Br. The van der Waals surface area contributed by atoms with E-state index in [1.807, 2.05) is 4.68 Å². The van der Waals surface area contributed by atoms with E-state index in [0.717, 1.165) is 18.8 Å². The second kappa shape index (κ2) is 5.45. The molecule has 1 aliphatic carbocycles. The number of nitrogens with zero attached hydrogens (tertiary/aromatic N) is 3. The number of rotatable bonds is 3. The van der Waals surface area contributed by atoms with Gasteiger partial charge in [-0.3, -0.25) is 4.68 Å². The molecule has 3 nitrogen and oxygen atoms in total. The lowest BCUT2D eigenvalue weighted by Gasteiger charge is -2.29. The fraction of sp³-hybridized carbons (Fsp3) is 0.467. The second-order valence-corrected chi connectivity index (χ2v) is 6.08. The highest BCUT2D eigenvalue weighted by Gasteiger charge is 2.28. The molecule has 100 valence electrons. The van der Waals surface area contributed by atoms with Gasteiger partial charge in [-0.05, 0) is 36.8 Å². The number of hydrogen-bond acceptors (Lipinski definition) is 2. The molecule has 3 rings (SSSR count). The molecule has 1 aromatic heterocycles. The highest BCUT2D eigenvalue weighted by atomic mass is 79.9. The van der Waals surface area contributed by atoms with Crippen molar-refractivity contribution < 1.29 is 0 Å². The Hall–Kier alpha value is -1.16. The topological polar surface area (TPSA) is 30.7 Å². The summed E-state index contributed by atoms with van der Waals surface area (Å²) in [6.45, 7) is 3.01. The highest BCUT2D eigenvalue weighted by Crippen LogP contribution is 2.41. The predicted molar refractivity (Wildman–Crippen MR) is 79.3 cm³/mol. The minimum atomic E-state index is 0.430. The van der Waals surface area contributed by atoms with E-state index in [4.69, 9.17) is 0 Å². The molecule has 2 unspecified atom stereocenters. The quantitative estimate of drug-likeness (QED) is 0.810. The van der Waals surface area contributed by atoms with Crippen molar-refractivity contribution in [1.29, 1.82) is 0 Å². The standard InChI is InChI=1S/C15H18BrN3/c1-2-19-14(17-10-18-19)9-12-8-7-11-5-3-4-6-13(11)15(12)16/h3-6,10,12,15H,2,7-9H2,1H3. The van der Waals surface area contributed by atoms with Crippen LogP contribution in [0.1, 0.15) is 35.1 Å². The Morgan fingerprint density at radius 2 is 2.21 bits per heavy atom. The van der Waals surface area contributed by atoms with Crippen LogP contribution in [0.25, 0.3) is 0 Å². The van der Waals surface area contributed by atoms with Crippen molar-refractivity contribution in [3.63, 3.8) is 0 Å². The monoisotopic (exact) mass is 319 g/mol. The number of alkyl halides is 1. The van der Waals surface area contributed by atoms with Crippen LogP contribution in [-0.4, -0.2) is 14.8 Å². The van der Waals surface area contributed by atoms with Crippen LogP contribution in [-0.2, 0) is 19.4 Å². The molecule has 0 amide bonds. The normalized spacial score (nSPS) is 22.2. The maximum absolute atomic E-state index is 4.40. The first kappa shape index (κ1) is 12.9. The third-order valence-electron chi connectivity index (χ3n) is 3.99. The van der Waals surface area contributed by atoms with E-state index in [0.29, 0.717) is 10.7 Å². The molecule has 4 heteroatoms. The second-order valence-electron chi connectivity index (χ2n) is 5.10. The van der Waals surface area contributed by atoms with Gasteiger partial charge in [0, 0.05) is 17.8 Å². The van der Waals surface area contributed by atoms with Gasteiger partial charge in [0.2, 0.25) is 0 Å². The molecular formula is C15H18BrN3. The summed E-state index contributed by atoms with van der Waals surface area (Å²) < 4.78 is 2.00. The fourth-order valence-electron chi connectivity index (χ4n) is 2.92. The summed E-state index contributed by atoms with van der Waals surface area (Å²) in [7, 11) is 0. The average Bonchev–Trinajstić information content (AvgIpc) is 2.89. The fourth-order valence-corrected chi connectivity index (χ4v) is 3.82. The van der Waals surface area contributed by atoms with E-state index < -0.39 is 0 Å². The van der Waals surface area contributed by atoms with Gasteiger partial charge in [0.25, 0.3) is 0 Å². The Balaban J connectivity index is 1.81. The lowest BCUT2D eigenvalue weighted by atomic mass is 9.82. The van der Waals surface area contributed by atoms with Crippen molar-refractivity contribution in [3.05, 3.63) is 47.5 Å². The maximum Gasteiger partial charge on any atom is 0.138 e. The molecule has 1 aromatic carbocycles. The molecule has 0 saturated carbocycles. The highest BCUT2D eigenvalue weighted by molar-refractivity contribution is 9.09. The molecule has 0 bridgehead atoms. The van der Waals surface area contributed by atoms with E-state index in [1.54, 1.807) is 6.33 Å². The Morgan fingerprint density at radius 3 is 3.05 bits per heavy atom. The van der Waals surface area contributed by atoms with E-state index in [1.165, 1.54) is 24.0 Å². The average molecular weight is 320 g/mol. The molecule has 1 heterocycles. The van der Waals surface area contributed by atoms with Gasteiger partial charge < -0.3 is 0 Å². The van der Waals surface area contributed by atoms with Crippen LogP contribution in [0.3, 0.4) is 0 Å². The summed E-state index contributed by atoms with van der Waals surface area (Å²) in [5.41, 5.74) is 2.93. The third kappa shape index (κ3) is 2.46. The molecule has 0 N–H and O–H groups in total. The number of aryl methyl sites for hydroxylation is 2. The zero-order chi connectivity index (χ0) is 13.2. The van der Waals surface area contributed by atoms with Crippen molar-refractivity contribution >= 4 is 15.9 Å². The summed E-state index contributed by atoms with van der Waals surface area (Å²) in [6.07, 6.45) is 5.05. The van der Waals surface area contributed by atoms with Gasteiger partial charge in [-0.2, -0.15) is 5.10 Å². The smallest absolute Gasteiger partial charge is 0.138 e. The first-order valence-corrected chi connectivity index (χ1v) is 7.79. The predicted octanol–water partition coefficient (Wildman–Crippen LogP) is 3.54. The molecular weight excluding hydrogens is 302 g/mol. The molecule has 0 aliphatic heterocycles. The van der Waals surface area contributed by atoms with Gasteiger partial charge in [-0.1, -0.05) is 40.2 Å². The van der Waals surface area contributed by atoms with Crippen LogP contribution in [0, 0.1) is 5.92 Å². The molecule has 19 heavy (non-hydrogen) atoms. The molecule has 0 fully saturated rings. The molecule has 0 radical (unpaired) electrons. The number of fused-ring (bicyclic) bond motifs is 1. The third-order valence-corrected chi connectivity index (χ3v) is 5.23. The van der Waals surface area contributed by atoms with Crippen molar-refractivity contribution in [1.82, 2.24) is 14.8 Å². The Labute approximate surface area is 122 Å². The number of halogens is 1. The summed E-state index contributed by atoms with van der Waals surface area (Å²) in [4.78, 5) is 4.83. The van der Waals surface area contributed by atoms with E-state index in [-0.39, 0.29) is 0 Å². The number of benzene rings is 1. The van der Waals surface area contributed by atoms with Crippen molar-refractivity contribution in [3.8, 4) is 0 Å². The minimum Gasteiger partial charge on any atom is -0.250 e. The van der Waals surface area contributed by atoms with E-state index >= 15 is 0 Å². The van der Waals surface area contributed by atoms with Crippen LogP contribution < -0.4 is 0 Å². The zero-order valence-electron chi connectivity index (χ0n) is 11.1. The van der Waals surface area contributed by atoms with Gasteiger partial charge >= 0.3 is 0 Å². The largest absolute Gasteiger partial charge is 0.250 e. The van der Waals surface area contributed by atoms with Crippen molar-refractivity contribution in [2.24, 2.45) is 5.92 Å². The van der Waals surface area contributed by atoms with Gasteiger partial charge in [0.1, 0.15) is 12.2 Å². The lowest BCUT2D eigenvalue weighted by Crippen LogP contribution is -2.20. The molecule has 2 atom stereocenters. The van der Waals surface area contributed by atoms with E-state index in [9.17, 15) is 0 Å². The summed E-state index contributed by atoms with van der Waals surface area (Å²) in [5.74, 6) is 1.71. The Morgan fingerprint density at radius 1 is 1.37 bits per heavy atom. The number of hydrogen-bond donors (Lipinski definition) is 0. The zero-order valence-corrected chi connectivity index (χ0v) is 12.7. The van der Waals surface area contributed by atoms with Gasteiger partial charge in [-0.25, -0.2) is 4.98 Å². The lowest BCUT2D eigenvalue weighted by molar-refractivity contribution is 0.430. The van der Waals surface area contributed by atoms with Crippen LogP contribution in [0.15, 0.2) is 30.6 Å². The summed E-state index contributed by atoms with van der Waals surface area (Å²) >= 11 is 3.89. The van der Waals surface area contributed by atoms with Gasteiger partial charge in [-0.15, -0.1) is 0 Å². The minimum absolute atomic E-state index is 0.430. The first-order valence-electron chi connectivity index (χ1n) is 6.88. The van der Waals surface area contributed by atoms with Gasteiger partial charge in [0.15, 0.2) is 0 Å². The number of aromatic nitrogens is 3. The Kier molecular flexibility index (Phi) is 3.69. The molecule has 0 saturated heterocycles. The molecule has 1 aliphatic rings. The summed E-state index contributed by atoms with van der Waals surface area (Å²) in [5, 5.41) is 4.26. The van der Waals surface area contributed by atoms with Gasteiger partial charge in [0.05, 0.1) is 0 Å². The van der Waals surface area contributed by atoms with Crippen molar-refractivity contribution in [2.75, 3.05) is 0 Å². The van der Waals surface area contributed by atoms with E-state index in [2.05, 4.69) is 57.2 Å². The van der Waals surface area contributed by atoms with Crippen LogP contribution >= 0.6 is 15.9 Å². The van der Waals surface area contributed by atoms with Crippen LogP contribution in [0.4, 0.5) is 0 Å². The Bertz CT molecular complexity index is 564. The van der Waals surface area contributed by atoms with Crippen LogP contribution in [0.2, 0.25) is 0 Å². The summed E-state index contributed by atoms with van der Waals surface area (Å²) in [6, 6.07) is 8.75. The first-order chi connectivity index (χ1) is 9.29.